The van der Waals surface area contributed by atoms with Crippen LogP contribution in [0.5, 0.6) is 0 Å². The number of aromatic nitrogens is 4. The summed E-state index contributed by atoms with van der Waals surface area (Å²) in [5.41, 5.74) is 1.45. The minimum Gasteiger partial charge on any atom is -0.394 e. The van der Waals surface area contributed by atoms with Crippen molar-refractivity contribution >= 4 is 28.6 Å². The molecular formula is C11H14ClN5O. The van der Waals surface area contributed by atoms with E-state index in [0.29, 0.717) is 5.65 Å². The van der Waals surface area contributed by atoms with Crippen LogP contribution in [0.1, 0.15) is 12.8 Å². The molecule has 1 atom stereocenters. The van der Waals surface area contributed by atoms with Crippen molar-refractivity contribution in [3.63, 3.8) is 0 Å². The average molecular weight is 268 g/mol. The number of imidazole rings is 1. The van der Waals surface area contributed by atoms with Gasteiger partial charge in [0.15, 0.2) is 11.5 Å². The molecule has 96 valence electrons. The topological polar surface area (TPSA) is 67.1 Å². The average Bonchev–Trinajstić information content (AvgIpc) is 2.95. The fourth-order valence-electron chi connectivity index (χ4n) is 2.51. The van der Waals surface area contributed by atoms with Gasteiger partial charge in [-0.15, -0.1) is 0 Å². The predicted octanol–water partition coefficient (Wildman–Crippen LogP) is 0.978. The molecule has 6 nitrogen and oxygen atoms in total. The van der Waals surface area contributed by atoms with Gasteiger partial charge in [-0.2, -0.15) is 9.97 Å². The summed E-state index contributed by atoms with van der Waals surface area (Å²) in [6.45, 7) is 1.000. The third kappa shape index (κ3) is 1.72. The van der Waals surface area contributed by atoms with Gasteiger partial charge in [-0.1, -0.05) is 0 Å². The third-order valence-electron chi connectivity index (χ3n) is 3.39. The van der Waals surface area contributed by atoms with Crippen LogP contribution in [0.2, 0.25) is 5.28 Å². The van der Waals surface area contributed by atoms with Gasteiger partial charge >= 0.3 is 0 Å². The Morgan fingerprint density at radius 3 is 3.11 bits per heavy atom. The third-order valence-corrected chi connectivity index (χ3v) is 3.55. The largest absolute Gasteiger partial charge is 0.394 e. The number of halogens is 1. The molecule has 1 aliphatic rings. The summed E-state index contributed by atoms with van der Waals surface area (Å²) in [5.74, 6) is 0.765. The first-order chi connectivity index (χ1) is 8.70. The van der Waals surface area contributed by atoms with E-state index in [-0.39, 0.29) is 17.9 Å². The SMILES string of the molecule is Cn1cnc2nc(Cl)nc(N3CCC[C@H]3CO)c21. The van der Waals surface area contributed by atoms with E-state index in [0.717, 1.165) is 30.7 Å². The van der Waals surface area contributed by atoms with E-state index < -0.39 is 0 Å². The maximum Gasteiger partial charge on any atom is 0.226 e. The van der Waals surface area contributed by atoms with Crippen LogP contribution >= 0.6 is 11.6 Å². The number of anilines is 1. The molecule has 0 amide bonds. The second-order valence-electron chi connectivity index (χ2n) is 4.52. The Morgan fingerprint density at radius 1 is 1.50 bits per heavy atom. The molecule has 2 aromatic heterocycles. The molecule has 0 bridgehead atoms. The molecule has 1 fully saturated rings. The number of hydrogen-bond acceptors (Lipinski definition) is 5. The number of aliphatic hydroxyl groups excluding tert-OH is 1. The van der Waals surface area contributed by atoms with E-state index in [1.807, 2.05) is 11.6 Å². The van der Waals surface area contributed by atoms with E-state index in [1.54, 1.807) is 6.33 Å². The van der Waals surface area contributed by atoms with Gasteiger partial charge in [0.25, 0.3) is 0 Å². The molecule has 1 aliphatic heterocycles. The molecule has 0 radical (unpaired) electrons. The zero-order chi connectivity index (χ0) is 12.7. The minimum absolute atomic E-state index is 0.106. The maximum atomic E-state index is 9.42. The van der Waals surface area contributed by atoms with E-state index in [4.69, 9.17) is 11.6 Å². The normalized spacial score (nSPS) is 19.9. The first-order valence-electron chi connectivity index (χ1n) is 5.92. The van der Waals surface area contributed by atoms with E-state index in [1.165, 1.54) is 0 Å². The van der Waals surface area contributed by atoms with Gasteiger partial charge in [-0.05, 0) is 24.4 Å². The van der Waals surface area contributed by atoms with E-state index >= 15 is 0 Å². The first-order valence-corrected chi connectivity index (χ1v) is 6.30. The summed E-state index contributed by atoms with van der Waals surface area (Å²) in [6, 6.07) is 0.106. The highest BCUT2D eigenvalue weighted by Crippen LogP contribution is 2.30. The van der Waals surface area contributed by atoms with Gasteiger partial charge in [0.05, 0.1) is 19.0 Å². The maximum absolute atomic E-state index is 9.42. The fraction of sp³-hybridized carbons (Fsp3) is 0.545. The van der Waals surface area contributed by atoms with Crippen LogP contribution in [0, 0.1) is 0 Å². The van der Waals surface area contributed by atoms with Crippen molar-refractivity contribution in [3.05, 3.63) is 11.6 Å². The number of aliphatic hydroxyl groups is 1. The zero-order valence-electron chi connectivity index (χ0n) is 10.0. The van der Waals surface area contributed by atoms with Crippen LogP contribution < -0.4 is 4.90 Å². The lowest BCUT2D eigenvalue weighted by Gasteiger charge is -2.24. The predicted molar refractivity (Wildman–Crippen MR) is 68.8 cm³/mol. The standard InChI is InChI=1S/C11H14ClN5O/c1-16-6-13-9-8(16)10(15-11(12)14-9)17-4-2-3-7(17)5-18/h6-7,18H,2-5H2,1H3/t7-/m0/s1. The smallest absolute Gasteiger partial charge is 0.226 e. The summed E-state index contributed by atoms with van der Waals surface area (Å²) in [7, 11) is 1.90. The highest BCUT2D eigenvalue weighted by Gasteiger charge is 2.28. The molecule has 1 saturated heterocycles. The number of fused-ring (bicyclic) bond motifs is 1. The molecule has 0 saturated carbocycles. The Morgan fingerprint density at radius 2 is 2.33 bits per heavy atom. The summed E-state index contributed by atoms with van der Waals surface area (Å²) < 4.78 is 1.88. The molecule has 0 aromatic carbocycles. The van der Waals surface area contributed by atoms with Gasteiger partial charge in [0.2, 0.25) is 5.28 Å². The first kappa shape index (κ1) is 11.7. The number of aryl methyl sites for hydroxylation is 1. The van der Waals surface area contributed by atoms with Crippen molar-refractivity contribution in [1.82, 2.24) is 19.5 Å². The number of rotatable bonds is 2. The second-order valence-corrected chi connectivity index (χ2v) is 4.85. The fourth-order valence-corrected chi connectivity index (χ4v) is 2.67. The summed E-state index contributed by atoms with van der Waals surface area (Å²) in [6.07, 6.45) is 3.72. The van der Waals surface area contributed by atoms with Crippen LogP contribution in [0.3, 0.4) is 0 Å². The number of hydrogen-bond donors (Lipinski definition) is 1. The van der Waals surface area contributed by atoms with Crippen LogP contribution in [0.4, 0.5) is 5.82 Å². The lowest BCUT2D eigenvalue weighted by atomic mass is 10.2. The van der Waals surface area contributed by atoms with Crippen molar-refractivity contribution in [1.29, 1.82) is 0 Å². The molecule has 2 aromatic rings. The van der Waals surface area contributed by atoms with Gasteiger partial charge in [0, 0.05) is 13.6 Å². The minimum atomic E-state index is 0.106. The Balaban J connectivity index is 2.18. The van der Waals surface area contributed by atoms with Crippen LogP contribution in [-0.2, 0) is 7.05 Å². The van der Waals surface area contributed by atoms with Crippen molar-refractivity contribution in [2.75, 3.05) is 18.1 Å². The summed E-state index contributed by atoms with van der Waals surface area (Å²) in [4.78, 5) is 14.7. The van der Waals surface area contributed by atoms with Crippen LogP contribution in [-0.4, -0.2) is 43.8 Å². The molecule has 1 N–H and O–H groups in total. The van der Waals surface area contributed by atoms with Crippen molar-refractivity contribution in [3.8, 4) is 0 Å². The lowest BCUT2D eigenvalue weighted by Crippen LogP contribution is -2.33. The molecule has 0 spiro atoms. The van der Waals surface area contributed by atoms with Crippen LogP contribution in [0.15, 0.2) is 6.33 Å². The molecule has 3 rings (SSSR count). The highest BCUT2D eigenvalue weighted by atomic mass is 35.5. The van der Waals surface area contributed by atoms with Gasteiger partial charge in [-0.3, -0.25) is 0 Å². The van der Waals surface area contributed by atoms with Crippen LogP contribution in [0.25, 0.3) is 11.2 Å². The highest BCUT2D eigenvalue weighted by molar-refractivity contribution is 6.28. The summed E-state index contributed by atoms with van der Waals surface area (Å²) >= 11 is 5.94. The quantitative estimate of drug-likeness (QED) is 0.822. The van der Waals surface area contributed by atoms with Crippen molar-refractivity contribution in [2.24, 2.45) is 7.05 Å². The Hall–Kier alpha value is -1.40. The molecule has 7 heteroatoms. The molecule has 3 heterocycles. The second kappa shape index (κ2) is 4.37. The van der Waals surface area contributed by atoms with Gasteiger partial charge in [-0.25, -0.2) is 4.98 Å². The van der Waals surface area contributed by atoms with Gasteiger partial charge < -0.3 is 14.6 Å². The Labute approximate surface area is 109 Å². The van der Waals surface area contributed by atoms with Gasteiger partial charge in [0.1, 0.15) is 5.52 Å². The van der Waals surface area contributed by atoms with E-state index in [2.05, 4.69) is 19.9 Å². The van der Waals surface area contributed by atoms with Crippen molar-refractivity contribution in [2.45, 2.75) is 18.9 Å². The van der Waals surface area contributed by atoms with Crippen molar-refractivity contribution < 1.29 is 5.11 Å². The molecule has 18 heavy (non-hydrogen) atoms. The molecule has 0 unspecified atom stereocenters. The summed E-state index contributed by atoms with van der Waals surface area (Å²) in [5, 5.41) is 9.61. The Bertz CT molecular complexity index is 584. The number of nitrogens with zero attached hydrogens (tertiary/aromatic N) is 5. The monoisotopic (exact) mass is 267 g/mol. The lowest BCUT2D eigenvalue weighted by molar-refractivity contribution is 0.266. The van der Waals surface area contributed by atoms with E-state index in [9.17, 15) is 5.11 Å². The zero-order valence-corrected chi connectivity index (χ0v) is 10.8. The molecule has 0 aliphatic carbocycles. The Kier molecular flexibility index (Phi) is 2.83. The molecular weight excluding hydrogens is 254 g/mol.